The second-order valence-corrected chi connectivity index (χ2v) is 6.57. The Kier molecular flexibility index (Phi) is 6.37. The van der Waals surface area contributed by atoms with Crippen molar-refractivity contribution in [3.63, 3.8) is 0 Å². The first kappa shape index (κ1) is 17.7. The quantitative estimate of drug-likeness (QED) is 0.819. The number of hydrogen-bond acceptors (Lipinski definition) is 4. The minimum Gasteiger partial charge on any atom is -0.458 e. The zero-order valence-corrected chi connectivity index (χ0v) is 13.6. The van der Waals surface area contributed by atoms with Crippen LogP contribution in [0.4, 0.5) is 0 Å². The van der Waals surface area contributed by atoms with Crippen LogP contribution >= 0.6 is 0 Å². The standard InChI is InChI=1S/C17H27NO3/c1-12(2)14(18)15(16(19)21-17(3,4)5)20-11-13-9-7-6-8-10-13/h6-10,12,14-15H,11,18H2,1-5H3/t14-,15?/m0/s1. The Morgan fingerprint density at radius 2 is 1.76 bits per heavy atom. The molecule has 2 N–H and O–H groups in total. The van der Waals surface area contributed by atoms with Crippen molar-refractivity contribution in [2.45, 2.75) is 59.0 Å². The first-order valence-corrected chi connectivity index (χ1v) is 7.34. The zero-order valence-electron chi connectivity index (χ0n) is 13.6. The lowest BCUT2D eigenvalue weighted by molar-refractivity contribution is -0.171. The third-order valence-electron chi connectivity index (χ3n) is 3.03. The van der Waals surface area contributed by atoms with Gasteiger partial charge in [-0.2, -0.15) is 0 Å². The van der Waals surface area contributed by atoms with Crippen LogP contribution < -0.4 is 5.73 Å². The minimum absolute atomic E-state index is 0.123. The van der Waals surface area contributed by atoms with E-state index in [2.05, 4.69) is 0 Å². The van der Waals surface area contributed by atoms with Gasteiger partial charge in [0.05, 0.1) is 6.61 Å². The topological polar surface area (TPSA) is 61.5 Å². The fourth-order valence-electron chi connectivity index (χ4n) is 1.81. The summed E-state index contributed by atoms with van der Waals surface area (Å²) < 4.78 is 11.2. The van der Waals surface area contributed by atoms with Crippen molar-refractivity contribution in [3.05, 3.63) is 35.9 Å². The molecule has 0 saturated heterocycles. The van der Waals surface area contributed by atoms with Crippen LogP contribution in [0.1, 0.15) is 40.2 Å². The first-order chi connectivity index (χ1) is 9.70. The summed E-state index contributed by atoms with van der Waals surface area (Å²) in [5, 5.41) is 0. The molecule has 1 aromatic carbocycles. The van der Waals surface area contributed by atoms with Crippen LogP contribution in [0.3, 0.4) is 0 Å². The molecule has 2 atom stereocenters. The zero-order chi connectivity index (χ0) is 16.0. The Hall–Kier alpha value is -1.39. The third kappa shape index (κ3) is 6.27. The third-order valence-corrected chi connectivity index (χ3v) is 3.03. The van der Waals surface area contributed by atoms with E-state index in [1.54, 1.807) is 0 Å². The predicted molar refractivity (Wildman–Crippen MR) is 83.7 cm³/mol. The SMILES string of the molecule is CC(C)[C@H](N)C(OCc1ccccc1)C(=O)OC(C)(C)C. The monoisotopic (exact) mass is 293 g/mol. The van der Waals surface area contributed by atoms with Crippen LogP contribution in [0, 0.1) is 5.92 Å². The van der Waals surface area contributed by atoms with E-state index >= 15 is 0 Å². The van der Waals surface area contributed by atoms with Gasteiger partial charge in [0.25, 0.3) is 0 Å². The predicted octanol–water partition coefficient (Wildman–Crippen LogP) is 2.90. The lowest BCUT2D eigenvalue weighted by Gasteiger charge is -2.29. The molecule has 0 heterocycles. The van der Waals surface area contributed by atoms with Crippen LogP contribution in [0.25, 0.3) is 0 Å². The summed E-state index contributed by atoms with van der Waals surface area (Å²) in [7, 11) is 0. The molecule has 21 heavy (non-hydrogen) atoms. The molecule has 0 aromatic heterocycles. The Morgan fingerprint density at radius 3 is 2.24 bits per heavy atom. The molecular weight excluding hydrogens is 266 g/mol. The maximum absolute atomic E-state index is 12.3. The van der Waals surface area contributed by atoms with Gasteiger partial charge in [0.15, 0.2) is 6.10 Å². The van der Waals surface area contributed by atoms with E-state index < -0.39 is 23.7 Å². The average molecular weight is 293 g/mol. The van der Waals surface area contributed by atoms with E-state index in [-0.39, 0.29) is 5.92 Å². The van der Waals surface area contributed by atoms with E-state index in [0.29, 0.717) is 6.61 Å². The summed E-state index contributed by atoms with van der Waals surface area (Å²) in [5.41, 5.74) is 6.57. The fraction of sp³-hybridized carbons (Fsp3) is 0.588. The van der Waals surface area contributed by atoms with Crippen LogP contribution in [0.2, 0.25) is 0 Å². The van der Waals surface area contributed by atoms with Gasteiger partial charge in [-0.25, -0.2) is 4.79 Å². The number of rotatable bonds is 6. The van der Waals surface area contributed by atoms with Crippen molar-refractivity contribution in [2.75, 3.05) is 0 Å². The summed E-state index contributed by atoms with van der Waals surface area (Å²) in [6.45, 7) is 9.77. The smallest absolute Gasteiger partial charge is 0.337 e. The molecule has 4 nitrogen and oxygen atoms in total. The van der Waals surface area contributed by atoms with Crippen LogP contribution in [-0.4, -0.2) is 23.7 Å². The molecule has 0 spiro atoms. The number of benzene rings is 1. The molecule has 0 amide bonds. The highest BCUT2D eigenvalue weighted by molar-refractivity contribution is 5.76. The van der Waals surface area contributed by atoms with E-state index in [9.17, 15) is 4.79 Å². The van der Waals surface area contributed by atoms with Crippen molar-refractivity contribution in [2.24, 2.45) is 11.7 Å². The highest BCUT2D eigenvalue weighted by Crippen LogP contribution is 2.16. The number of carbonyl (C=O) groups is 1. The van der Waals surface area contributed by atoms with Crippen LogP contribution in [0.5, 0.6) is 0 Å². The second-order valence-electron chi connectivity index (χ2n) is 6.57. The van der Waals surface area contributed by atoms with E-state index in [1.165, 1.54) is 0 Å². The maximum atomic E-state index is 12.3. The molecule has 1 aromatic rings. The summed E-state index contributed by atoms with van der Waals surface area (Å²) in [6.07, 6.45) is -0.760. The van der Waals surface area contributed by atoms with Crippen molar-refractivity contribution < 1.29 is 14.3 Å². The highest BCUT2D eigenvalue weighted by atomic mass is 16.6. The summed E-state index contributed by atoms with van der Waals surface area (Å²) in [5.74, 6) is -0.280. The summed E-state index contributed by atoms with van der Waals surface area (Å²) >= 11 is 0. The van der Waals surface area contributed by atoms with Gasteiger partial charge in [0.1, 0.15) is 5.60 Å². The van der Waals surface area contributed by atoms with Crippen molar-refractivity contribution in [1.82, 2.24) is 0 Å². The van der Waals surface area contributed by atoms with Crippen LogP contribution in [0.15, 0.2) is 30.3 Å². The number of ether oxygens (including phenoxy) is 2. The summed E-state index contributed by atoms with van der Waals surface area (Å²) in [4.78, 5) is 12.3. The molecule has 0 radical (unpaired) electrons. The molecule has 0 aliphatic heterocycles. The Labute approximate surface area is 127 Å². The summed E-state index contributed by atoms with van der Waals surface area (Å²) in [6, 6.07) is 9.31. The molecular formula is C17H27NO3. The van der Waals surface area contributed by atoms with Crippen molar-refractivity contribution in [1.29, 1.82) is 0 Å². The van der Waals surface area contributed by atoms with E-state index in [0.717, 1.165) is 5.56 Å². The molecule has 4 heteroatoms. The first-order valence-electron chi connectivity index (χ1n) is 7.34. The average Bonchev–Trinajstić information content (AvgIpc) is 2.37. The minimum atomic E-state index is -0.760. The molecule has 1 rings (SSSR count). The van der Waals surface area contributed by atoms with Crippen molar-refractivity contribution in [3.8, 4) is 0 Å². The number of esters is 1. The second kappa shape index (κ2) is 7.57. The molecule has 0 aliphatic carbocycles. The molecule has 0 bridgehead atoms. The van der Waals surface area contributed by atoms with Gasteiger partial charge in [-0.1, -0.05) is 44.2 Å². The van der Waals surface area contributed by atoms with Crippen molar-refractivity contribution >= 4 is 5.97 Å². The highest BCUT2D eigenvalue weighted by Gasteiger charge is 2.32. The fourth-order valence-corrected chi connectivity index (χ4v) is 1.81. The normalized spacial score (nSPS) is 14.8. The molecule has 0 saturated carbocycles. The van der Waals surface area contributed by atoms with Gasteiger partial charge in [0.2, 0.25) is 0 Å². The molecule has 118 valence electrons. The number of hydrogen-bond donors (Lipinski definition) is 1. The lowest BCUT2D eigenvalue weighted by atomic mass is 9.99. The number of carbonyl (C=O) groups excluding carboxylic acids is 1. The Bertz CT molecular complexity index is 437. The van der Waals surface area contributed by atoms with Crippen LogP contribution in [-0.2, 0) is 20.9 Å². The van der Waals surface area contributed by atoms with Gasteiger partial charge in [-0.05, 0) is 32.3 Å². The van der Waals surface area contributed by atoms with Gasteiger partial charge >= 0.3 is 5.97 Å². The maximum Gasteiger partial charge on any atom is 0.337 e. The van der Waals surface area contributed by atoms with E-state index in [1.807, 2.05) is 65.0 Å². The lowest BCUT2D eigenvalue weighted by Crippen LogP contribution is -2.48. The van der Waals surface area contributed by atoms with E-state index in [4.69, 9.17) is 15.2 Å². The largest absolute Gasteiger partial charge is 0.458 e. The molecule has 0 aliphatic rings. The molecule has 0 fully saturated rings. The van der Waals surface area contributed by atoms with Gasteiger partial charge < -0.3 is 15.2 Å². The van der Waals surface area contributed by atoms with Gasteiger partial charge in [0, 0.05) is 6.04 Å². The number of nitrogens with two attached hydrogens (primary N) is 1. The Morgan fingerprint density at radius 1 is 1.19 bits per heavy atom. The Balaban J connectivity index is 2.75. The van der Waals surface area contributed by atoms with Gasteiger partial charge in [-0.15, -0.1) is 0 Å². The van der Waals surface area contributed by atoms with Gasteiger partial charge in [-0.3, -0.25) is 0 Å². The molecule has 1 unspecified atom stereocenters.